The van der Waals surface area contributed by atoms with E-state index in [4.69, 9.17) is 4.74 Å². The number of piperidine rings is 1. The van der Waals surface area contributed by atoms with E-state index in [0.717, 1.165) is 19.8 Å². The van der Waals surface area contributed by atoms with Crippen LogP contribution in [0.5, 0.6) is 23.0 Å². The molecular formula is C33H29F6NO4. The van der Waals surface area contributed by atoms with Gasteiger partial charge in [-0.05, 0) is 73.8 Å². The van der Waals surface area contributed by atoms with Gasteiger partial charge in [0.05, 0.1) is 14.2 Å². The van der Waals surface area contributed by atoms with E-state index in [1.54, 1.807) is 0 Å². The van der Waals surface area contributed by atoms with Gasteiger partial charge in [0.25, 0.3) is 0 Å². The molecule has 1 N–H and O–H groups in total. The fourth-order valence-corrected chi connectivity index (χ4v) is 5.73. The maximum atomic E-state index is 15.4. The van der Waals surface area contributed by atoms with Gasteiger partial charge in [0, 0.05) is 17.7 Å². The largest absolute Gasteiger partial charge is 0.491 e. The van der Waals surface area contributed by atoms with Gasteiger partial charge in [0.15, 0.2) is 34.8 Å². The Kier molecular flexibility index (Phi) is 9.07. The van der Waals surface area contributed by atoms with Crippen LogP contribution in [0.2, 0.25) is 0 Å². The molecule has 1 saturated heterocycles. The first-order valence-corrected chi connectivity index (χ1v) is 13.8. The third-order valence-electron chi connectivity index (χ3n) is 7.95. The molecule has 44 heavy (non-hydrogen) atoms. The molecule has 0 spiro atoms. The van der Waals surface area contributed by atoms with Crippen molar-refractivity contribution in [2.75, 3.05) is 27.3 Å². The molecule has 1 fully saturated rings. The van der Waals surface area contributed by atoms with Crippen molar-refractivity contribution in [1.29, 1.82) is 0 Å². The molecule has 0 aliphatic carbocycles. The molecule has 4 aromatic rings. The highest BCUT2D eigenvalue weighted by molar-refractivity contribution is 5.46. The molecule has 5 nitrogen and oxygen atoms in total. The van der Waals surface area contributed by atoms with Crippen LogP contribution >= 0.6 is 0 Å². The number of nitrogens with zero attached hydrogens (tertiary/aromatic N) is 1. The summed E-state index contributed by atoms with van der Waals surface area (Å²) in [5.41, 5.74) is -3.94. The fourth-order valence-electron chi connectivity index (χ4n) is 5.73. The molecule has 1 aliphatic heterocycles. The Balaban J connectivity index is 1.43. The zero-order chi connectivity index (χ0) is 31.6. The summed E-state index contributed by atoms with van der Waals surface area (Å²) in [5.74, 6) is -11.7. The number of hydrogen-bond donors (Lipinski definition) is 1. The first kappa shape index (κ1) is 31.2. The van der Waals surface area contributed by atoms with Gasteiger partial charge < -0.3 is 19.3 Å². The van der Waals surface area contributed by atoms with Crippen LogP contribution in [0.1, 0.15) is 29.5 Å². The molecule has 232 valence electrons. The molecule has 5 rings (SSSR count). The van der Waals surface area contributed by atoms with Crippen molar-refractivity contribution < 1.29 is 45.7 Å². The summed E-state index contributed by atoms with van der Waals surface area (Å²) in [4.78, 5) is 2.01. The highest BCUT2D eigenvalue weighted by Crippen LogP contribution is 2.47. The summed E-state index contributed by atoms with van der Waals surface area (Å²) >= 11 is 0. The second-order valence-electron chi connectivity index (χ2n) is 10.5. The number of ether oxygens (including phenoxy) is 3. The Morgan fingerprint density at radius 3 is 1.66 bits per heavy atom. The number of methoxy groups -OCH3 is 2. The Hall–Kier alpha value is -4.22. The van der Waals surface area contributed by atoms with Gasteiger partial charge in [-0.3, -0.25) is 4.90 Å². The van der Waals surface area contributed by atoms with Gasteiger partial charge in [-0.15, -0.1) is 0 Å². The topological polar surface area (TPSA) is 51.2 Å². The number of para-hydroxylation sites is 1. The lowest BCUT2D eigenvalue weighted by Crippen LogP contribution is -2.45. The van der Waals surface area contributed by atoms with Crippen LogP contribution in [0.4, 0.5) is 26.3 Å². The zero-order valence-electron chi connectivity index (χ0n) is 23.9. The smallest absolute Gasteiger partial charge is 0.204 e. The Bertz CT molecular complexity index is 1560. The van der Waals surface area contributed by atoms with Gasteiger partial charge in [-0.2, -0.15) is 8.78 Å². The highest BCUT2D eigenvalue weighted by Gasteiger charge is 2.48. The van der Waals surface area contributed by atoms with Crippen LogP contribution in [-0.4, -0.2) is 37.3 Å². The van der Waals surface area contributed by atoms with Crippen molar-refractivity contribution in [2.24, 2.45) is 5.92 Å². The summed E-state index contributed by atoms with van der Waals surface area (Å²) in [5, 5.41) is 12.0. The van der Waals surface area contributed by atoms with Crippen LogP contribution in [0, 0.1) is 40.8 Å². The lowest BCUT2D eigenvalue weighted by Gasteiger charge is -2.42. The van der Waals surface area contributed by atoms with Crippen LogP contribution in [0.3, 0.4) is 0 Å². The third-order valence-corrected chi connectivity index (χ3v) is 7.95. The number of hydrogen-bond acceptors (Lipinski definition) is 5. The molecule has 1 aliphatic rings. The summed E-state index contributed by atoms with van der Waals surface area (Å²) in [7, 11) is 1.83. The lowest BCUT2D eigenvalue weighted by atomic mass is 9.71. The van der Waals surface area contributed by atoms with Crippen molar-refractivity contribution in [3.63, 3.8) is 0 Å². The van der Waals surface area contributed by atoms with Crippen molar-refractivity contribution in [1.82, 2.24) is 4.90 Å². The van der Waals surface area contributed by atoms with Gasteiger partial charge in [0.1, 0.15) is 17.1 Å². The first-order valence-electron chi connectivity index (χ1n) is 13.8. The minimum atomic E-state index is -2.86. The van der Waals surface area contributed by atoms with Crippen LogP contribution in [0.15, 0.2) is 66.7 Å². The van der Waals surface area contributed by atoms with E-state index in [1.165, 1.54) is 0 Å². The monoisotopic (exact) mass is 617 g/mol. The number of halogens is 6. The van der Waals surface area contributed by atoms with E-state index < -0.39 is 69.0 Å². The van der Waals surface area contributed by atoms with E-state index in [9.17, 15) is 22.7 Å². The second kappa shape index (κ2) is 12.8. The van der Waals surface area contributed by atoms with Crippen LogP contribution in [-0.2, 0) is 12.1 Å². The second-order valence-corrected chi connectivity index (χ2v) is 10.5. The van der Waals surface area contributed by atoms with Gasteiger partial charge in [0.2, 0.25) is 11.6 Å². The average Bonchev–Trinajstić information content (AvgIpc) is 3.03. The van der Waals surface area contributed by atoms with Crippen molar-refractivity contribution in [2.45, 2.75) is 25.0 Å². The van der Waals surface area contributed by atoms with Gasteiger partial charge in [-0.25, -0.2) is 17.6 Å². The molecule has 0 unspecified atom stereocenters. The summed E-state index contributed by atoms with van der Waals surface area (Å²) in [6.07, 6.45) is 0.129. The number of rotatable bonds is 9. The minimum Gasteiger partial charge on any atom is -0.491 e. The Labute approximate surface area is 250 Å². The molecule has 0 amide bonds. The van der Waals surface area contributed by atoms with E-state index in [1.807, 2.05) is 59.5 Å². The molecule has 0 saturated carbocycles. The minimum absolute atomic E-state index is 0.0646. The predicted octanol–water partition coefficient (Wildman–Crippen LogP) is 7.48. The number of likely N-dealkylation sites (tertiary alicyclic amines) is 1. The van der Waals surface area contributed by atoms with Gasteiger partial charge in [-0.1, -0.05) is 30.3 Å². The summed E-state index contributed by atoms with van der Waals surface area (Å²) in [6, 6.07) is 17.6. The Morgan fingerprint density at radius 1 is 0.705 bits per heavy atom. The number of benzene rings is 4. The lowest BCUT2D eigenvalue weighted by molar-refractivity contribution is -0.0218. The zero-order valence-corrected chi connectivity index (χ0v) is 23.9. The summed E-state index contributed by atoms with van der Waals surface area (Å²) < 4.78 is 105. The normalized spacial score (nSPS) is 14.5. The van der Waals surface area contributed by atoms with Crippen LogP contribution < -0.4 is 14.2 Å². The van der Waals surface area contributed by atoms with Crippen LogP contribution in [0.25, 0.3) is 0 Å². The highest BCUT2D eigenvalue weighted by atomic mass is 19.2. The quantitative estimate of drug-likeness (QED) is 0.156. The fraction of sp³-hybridized carbons (Fsp3) is 0.273. The van der Waals surface area contributed by atoms with E-state index in [2.05, 4.69) is 9.47 Å². The Morgan fingerprint density at radius 2 is 1.18 bits per heavy atom. The van der Waals surface area contributed by atoms with Gasteiger partial charge >= 0.3 is 0 Å². The van der Waals surface area contributed by atoms with Crippen molar-refractivity contribution in [3.8, 4) is 23.0 Å². The molecule has 11 heteroatoms. The molecule has 1 heterocycles. The maximum absolute atomic E-state index is 15.4. The maximum Gasteiger partial charge on any atom is 0.204 e. The van der Waals surface area contributed by atoms with Crippen molar-refractivity contribution in [3.05, 3.63) is 118 Å². The standard InChI is InChI=1S/C33H29F6NO4/c1-42-31-25(34)16-23(27(36)29(31)38)33(41,24-17-26(35)32(43-2)30(39)28(24)37)20-12-14-40(15-13-20)18-19-8-10-22(11-9-19)44-21-6-4-3-5-7-21/h3-11,16-17,20,41H,12-15,18H2,1-2H3. The first-order chi connectivity index (χ1) is 21.1. The predicted molar refractivity (Wildman–Crippen MR) is 150 cm³/mol. The van der Waals surface area contributed by atoms with Crippen molar-refractivity contribution >= 4 is 0 Å². The molecule has 4 aromatic carbocycles. The number of aliphatic hydroxyl groups is 1. The third kappa shape index (κ3) is 5.81. The van der Waals surface area contributed by atoms with E-state index >= 15 is 8.78 Å². The van der Waals surface area contributed by atoms with E-state index in [0.29, 0.717) is 43.3 Å². The molecule has 0 atom stereocenters. The molecule has 0 radical (unpaired) electrons. The summed E-state index contributed by atoms with van der Waals surface area (Å²) in [6.45, 7) is 1.07. The molecular weight excluding hydrogens is 588 g/mol. The molecule has 0 bridgehead atoms. The SMILES string of the molecule is COc1c(F)cc(C(O)(c2cc(F)c(OC)c(F)c2F)C2CCN(Cc3ccc(Oc4ccccc4)cc3)CC2)c(F)c1F. The average molecular weight is 618 g/mol. The molecule has 0 aromatic heterocycles. The van der Waals surface area contributed by atoms with E-state index in [-0.39, 0.29) is 12.8 Å².